The Balaban J connectivity index is 1.98. The van der Waals surface area contributed by atoms with Crippen LogP contribution in [-0.4, -0.2) is 24.1 Å². The second-order valence-corrected chi connectivity index (χ2v) is 9.68. The van der Waals surface area contributed by atoms with Gasteiger partial charge in [0.05, 0.1) is 11.8 Å². The van der Waals surface area contributed by atoms with Gasteiger partial charge < -0.3 is 9.46 Å². The Hall–Kier alpha value is -2.16. The molecule has 0 bridgehead atoms. The van der Waals surface area contributed by atoms with Crippen molar-refractivity contribution >= 4 is 39.6 Å². The molecule has 3 nitrogen and oxygen atoms in total. The predicted molar refractivity (Wildman–Crippen MR) is 111 cm³/mol. The van der Waals surface area contributed by atoms with Crippen molar-refractivity contribution in [3.63, 3.8) is 0 Å². The van der Waals surface area contributed by atoms with Crippen molar-refractivity contribution in [3.05, 3.63) is 95.0 Å². The molecule has 132 valence electrons. The maximum atomic E-state index is 14.0. The van der Waals surface area contributed by atoms with Crippen LogP contribution in [0.4, 0.5) is 0 Å². The second-order valence-electron chi connectivity index (χ2n) is 6.04. The summed E-state index contributed by atoms with van der Waals surface area (Å²) in [5, 5.41) is 1.50. The zero-order valence-corrected chi connectivity index (χ0v) is 16.9. The van der Waals surface area contributed by atoms with Crippen LogP contribution in [0.25, 0.3) is 0 Å². The van der Waals surface area contributed by atoms with Crippen molar-refractivity contribution in [1.82, 2.24) is 4.90 Å². The van der Waals surface area contributed by atoms with Gasteiger partial charge in [-0.15, -0.1) is 0 Å². The number of carbonyl (C=O) groups is 1. The fourth-order valence-electron chi connectivity index (χ4n) is 2.85. The third-order valence-corrected chi connectivity index (χ3v) is 7.99. The van der Waals surface area contributed by atoms with Gasteiger partial charge in [0, 0.05) is 22.1 Å². The molecule has 0 radical (unpaired) electrons. The Morgan fingerprint density at radius 2 is 1.31 bits per heavy atom. The van der Waals surface area contributed by atoms with Gasteiger partial charge in [0.25, 0.3) is 5.91 Å². The molecule has 0 N–H and O–H groups in total. The molecule has 3 aromatic rings. The average Bonchev–Trinajstić information content (AvgIpc) is 2.69. The molecule has 0 aromatic heterocycles. The lowest BCUT2D eigenvalue weighted by Crippen LogP contribution is -2.33. The van der Waals surface area contributed by atoms with Crippen LogP contribution in [0.1, 0.15) is 10.4 Å². The fraction of sp³-hybridized carbons (Fsp3) is 0.0952. The summed E-state index contributed by atoms with van der Waals surface area (Å²) in [4.78, 5) is 14.4. The molecule has 0 fully saturated rings. The summed E-state index contributed by atoms with van der Waals surface area (Å²) in [6, 6.07) is 26.0. The first-order valence-corrected chi connectivity index (χ1v) is 10.9. The summed E-state index contributed by atoms with van der Waals surface area (Å²) in [7, 11) is -1.29. The van der Waals surface area contributed by atoms with Gasteiger partial charge in [0.2, 0.25) is 0 Å². The van der Waals surface area contributed by atoms with Gasteiger partial charge in [-0.25, -0.2) is 0 Å². The van der Waals surface area contributed by atoms with Gasteiger partial charge >= 0.3 is 0 Å². The van der Waals surface area contributed by atoms with Crippen molar-refractivity contribution in [3.8, 4) is 0 Å². The summed E-state index contributed by atoms with van der Waals surface area (Å²) in [6.07, 6.45) is 0.140. The number of carbonyl (C=O) groups excluding carboxylic acids is 1. The van der Waals surface area contributed by atoms with Crippen molar-refractivity contribution in [1.29, 1.82) is 0 Å². The van der Waals surface area contributed by atoms with Crippen LogP contribution in [0.15, 0.2) is 89.4 Å². The highest BCUT2D eigenvalue weighted by molar-refractivity contribution is 9.10. The van der Waals surface area contributed by atoms with Crippen LogP contribution in [0.5, 0.6) is 0 Å². The summed E-state index contributed by atoms with van der Waals surface area (Å²) in [6.45, 7) is 0. The zero-order valence-electron chi connectivity index (χ0n) is 14.4. The quantitative estimate of drug-likeness (QED) is 0.562. The molecule has 3 aromatic carbocycles. The Morgan fingerprint density at radius 3 is 1.81 bits per heavy atom. The van der Waals surface area contributed by atoms with Crippen molar-refractivity contribution in [2.45, 2.75) is 0 Å². The lowest BCUT2D eigenvalue weighted by Gasteiger charge is -2.26. The molecule has 1 amide bonds. The van der Waals surface area contributed by atoms with Crippen molar-refractivity contribution in [2.24, 2.45) is 0 Å². The highest BCUT2D eigenvalue weighted by atomic mass is 79.9. The van der Waals surface area contributed by atoms with Gasteiger partial charge in [0.1, 0.15) is 0 Å². The summed E-state index contributed by atoms with van der Waals surface area (Å²) >= 11 is 3.42. The topological polar surface area (TPSA) is 37.4 Å². The first-order valence-electron chi connectivity index (χ1n) is 8.22. The average molecular weight is 428 g/mol. The van der Waals surface area contributed by atoms with Crippen LogP contribution in [0.2, 0.25) is 0 Å². The molecular formula is C21H19BrNO2P. The minimum atomic E-state index is -2.98. The van der Waals surface area contributed by atoms with Crippen LogP contribution in [-0.2, 0) is 4.57 Å². The smallest absolute Gasteiger partial charge is 0.255 e. The minimum absolute atomic E-state index is 0.140. The van der Waals surface area contributed by atoms with Crippen molar-refractivity contribution < 1.29 is 9.36 Å². The predicted octanol–water partition coefficient (Wildman–Crippen LogP) is 4.49. The Bertz CT molecular complexity index is 901. The van der Waals surface area contributed by atoms with Gasteiger partial charge in [-0.2, -0.15) is 0 Å². The van der Waals surface area contributed by atoms with E-state index in [1.165, 1.54) is 0 Å². The van der Waals surface area contributed by atoms with Crippen LogP contribution < -0.4 is 10.6 Å². The van der Waals surface area contributed by atoms with E-state index in [0.29, 0.717) is 5.56 Å². The number of benzene rings is 3. The molecule has 3 rings (SSSR count). The van der Waals surface area contributed by atoms with Gasteiger partial charge in [-0.3, -0.25) is 4.79 Å². The van der Waals surface area contributed by atoms with Gasteiger partial charge in [0.15, 0.2) is 7.14 Å². The van der Waals surface area contributed by atoms with Crippen LogP contribution in [0.3, 0.4) is 0 Å². The highest BCUT2D eigenvalue weighted by Crippen LogP contribution is 2.43. The maximum absolute atomic E-state index is 14.0. The van der Waals surface area contributed by atoms with E-state index in [4.69, 9.17) is 0 Å². The Morgan fingerprint density at radius 1 is 0.846 bits per heavy atom. The third kappa shape index (κ3) is 3.82. The number of amides is 1. The Labute approximate surface area is 162 Å². The summed E-state index contributed by atoms with van der Waals surface area (Å²) < 4.78 is 14.8. The third-order valence-electron chi connectivity index (χ3n) is 4.21. The second kappa shape index (κ2) is 8.03. The monoisotopic (exact) mass is 427 g/mol. The molecule has 5 heteroatoms. The number of nitrogens with zero attached hydrogens (tertiary/aromatic N) is 1. The van der Waals surface area contributed by atoms with E-state index < -0.39 is 7.14 Å². The number of rotatable bonds is 5. The van der Waals surface area contributed by atoms with E-state index in [-0.39, 0.29) is 12.2 Å². The molecule has 0 aliphatic heterocycles. The van der Waals surface area contributed by atoms with E-state index in [1.54, 1.807) is 18.0 Å². The van der Waals surface area contributed by atoms with Gasteiger partial charge in [-0.1, -0.05) is 72.8 Å². The van der Waals surface area contributed by atoms with Crippen LogP contribution >= 0.6 is 23.1 Å². The molecular weight excluding hydrogens is 409 g/mol. The van der Waals surface area contributed by atoms with E-state index in [1.807, 2.05) is 78.9 Å². The molecule has 0 unspecified atom stereocenters. The molecule has 0 saturated heterocycles. The normalized spacial score (nSPS) is 11.2. The number of halogens is 1. The first kappa shape index (κ1) is 18.6. The summed E-state index contributed by atoms with van der Waals surface area (Å²) in [5.74, 6) is -0.162. The van der Waals surface area contributed by atoms with E-state index >= 15 is 0 Å². The summed E-state index contributed by atoms with van der Waals surface area (Å²) in [5.41, 5.74) is 0.558. The van der Waals surface area contributed by atoms with Crippen molar-refractivity contribution in [2.75, 3.05) is 13.3 Å². The lowest BCUT2D eigenvalue weighted by molar-refractivity contribution is 0.0816. The highest BCUT2D eigenvalue weighted by Gasteiger charge is 2.30. The maximum Gasteiger partial charge on any atom is 0.255 e. The largest absolute Gasteiger partial charge is 0.334 e. The molecule has 0 spiro atoms. The first-order chi connectivity index (χ1) is 12.5. The molecule has 0 aliphatic carbocycles. The molecule has 0 atom stereocenters. The molecule has 0 heterocycles. The Kier molecular flexibility index (Phi) is 5.75. The van der Waals surface area contributed by atoms with Crippen LogP contribution in [0, 0.1) is 0 Å². The molecule has 26 heavy (non-hydrogen) atoms. The standard InChI is InChI=1S/C21H19BrNO2P/c1-23(21(24)19-14-8-9-15-20(19)22)16-26(25,17-10-4-2-5-11-17)18-12-6-3-7-13-18/h2-15H,16H2,1H3. The zero-order chi connectivity index (χ0) is 18.6. The van der Waals surface area contributed by atoms with E-state index in [9.17, 15) is 9.36 Å². The van der Waals surface area contributed by atoms with E-state index in [0.717, 1.165) is 15.1 Å². The lowest BCUT2D eigenvalue weighted by atomic mass is 10.2. The fourth-order valence-corrected chi connectivity index (χ4v) is 5.97. The number of hydrogen-bond donors (Lipinski definition) is 0. The number of hydrogen-bond acceptors (Lipinski definition) is 2. The minimum Gasteiger partial charge on any atom is -0.334 e. The molecule has 0 saturated carbocycles. The van der Waals surface area contributed by atoms with E-state index in [2.05, 4.69) is 15.9 Å². The van der Waals surface area contributed by atoms with Gasteiger partial charge in [-0.05, 0) is 28.1 Å². The SMILES string of the molecule is CN(CP(=O)(c1ccccc1)c1ccccc1)C(=O)c1ccccc1Br. The molecule has 0 aliphatic rings.